The van der Waals surface area contributed by atoms with Crippen LogP contribution in [0.1, 0.15) is 22.7 Å². The molecular weight excluding hydrogens is 286 g/mol. The highest BCUT2D eigenvalue weighted by Gasteiger charge is 2.21. The number of hydrogen-bond acceptors (Lipinski definition) is 2. The van der Waals surface area contributed by atoms with Crippen molar-refractivity contribution in [3.05, 3.63) is 89.7 Å². The molecule has 3 rings (SSSR count). The molecule has 0 radical (unpaired) electrons. The molecule has 1 amide bonds. The van der Waals surface area contributed by atoms with Crippen molar-refractivity contribution in [2.24, 2.45) is 0 Å². The SMILES string of the molecule is O=C(NCCc1ccn[nH]1)C(c1ccccc1)c1ccccc1. The number of hydrogen-bond donors (Lipinski definition) is 2. The fourth-order valence-corrected chi connectivity index (χ4v) is 2.63. The summed E-state index contributed by atoms with van der Waals surface area (Å²) in [6, 6.07) is 21.6. The topological polar surface area (TPSA) is 57.8 Å². The third kappa shape index (κ3) is 3.86. The van der Waals surface area contributed by atoms with E-state index in [2.05, 4.69) is 15.5 Å². The predicted octanol–water partition coefficient (Wildman–Crippen LogP) is 2.90. The molecule has 0 bridgehead atoms. The average molecular weight is 305 g/mol. The molecule has 1 heterocycles. The molecule has 0 aliphatic rings. The summed E-state index contributed by atoms with van der Waals surface area (Å²) in [5.74, 6) is -0.277. The standard InChI is InChI=1S/C19H19N3O/c23-19(20-13-11-17-12-14-21-22-17)18(15-7-3-1-4-8-15)16-9-5-2-6-10-16/h1-10,12,14,18H,11,13H2,(H,20,23)(H,21,22). The molecule has 4 nitrogen and oxygen atoms in total. The molecule has 0 fully saturated rings. The molecular formula is C19H19N3O. The Morgan fingerprint density at radius 1 is 0.957 bits per heavy atom. The molecule has 0 aliphatic heterocycles. The van der Waals surface area contributed by atoms with Gasteiger partial charge in [-0.3, -0.25) is 9.89 Å². The summed E-state index contributed by atoms with van der Waals surface area (Å²) in [6.45, 7) is 0.581. The van der Waals surface area contributed by atoms with Crippen molar-refractivity contribution in [3.63, 3.8) is 0 Å². The van der Waals surface area contributed by atoms with Crippen LogP contribution in [0.4, 0.5) is 0 Å². The number of aromatic nitrogens is 2. The van der Waals surface area contributed by atoms with Crippen LogP contribution in [-0.2, 0) is 11.2 Å². The number of carbonyl (C=O) groups is 1. The largest absolute Gasteiger partial charge is 0.355 e. The zero-order valence-corrected chi connectivity index (χ0v) is 12.8. The molecule has 4 heteroatoms. The maximum Gasteiger partial charge on any atom is 0.232 e. The molecule has 0 aliphatic carbocycles. The summed E-state index contributed by atoms with van der Waals surface area (Å²) in [7, 11) is 0. The van der Waals surface area contributed by atoms with Crippen LogP contribution in [0.25, 0.3) is 0 Å². The molecule has 3 aromatic rings. The van der Waals surface area contributed by atoms with E-state index in [1.165, 1.54) is 0 Å². The molecule has 0 spiro atoms. The summed E-state index contributed by atoms with van der Waals surface area (Å²) in [5, 5.41) is 9.85. The van der Waals surface area contributed by atoms with E-state index >= 15 is 0 Å². The predicted molar refractivity (Wildman–Crippen MR) is 90.0 cm³/mol. The van der Waals surface area contributed by atoms with Gasteiger partial charge >= 0.3 is 0 Å². The van der Waals surface area contributed by atoms with E-state index < -0.39 is 0 Å². The summed E-state index contributed by atoms with van der Waals surface area (Å²) in [4.78, 5) is 12.7. The summed E-state index contributed by atoms with van der Waals surface area (Å²) in [6.07, 6.45) is 2.45. The highest BCUT2D eigenvalue weighted by Crippen LogP contribution is 2.24. The van der Waals surface area contributed by atoms with Crippen molar-refractivity contribution in [2.75, 3.05) is 6.54 Å². The summed E-state index contributed by atoms with van der Waals surface area (Å²) >= 11 is 0. The van der Waals surface area contributed by atoms with Gasteiger partial charge in [0.2, 0.25) is 5.91 Å². The molecule has 0 atom stereocenters. The number of H-pyrrole nitrogens is 1. The van der Waals surface area contributed by atoms with Gasteiger partial charge in [-0.05, 0) is 17.2 Å². The van der Waals surface area contributed by atoms with Crippen LogP contribution in [0.15, 0.2) is 72.9 Å². The fraction of sp³-hybridized carbons (Fsp3) is 0.158. The van der Waals surface area contributed by atoms with Gasteiger partial charge in [0.15, 0.2) is 0 Å². The van der Waals surface area contributed by atoms with Gasteiger partial charge in [0.25, 0.3) is 0 Å². The number of amides is 1. The minimum absolute atomic E-state index is 0.0157. The van der Waals surface area contributed by atoms with Crippen molar-refractivity contribution in [2.45, 2.75) is 12.3 Å². The van der Waals surface area contributed by atoms with E-state index in [1.807, 2.05) is 66.7 Å². The first kappa shape index (κ1) is 15.0. The third-order valence-electron chi connectivity index (χ3n) is 3.78. The lowest BCUT2D eigenvalue weighted by Gasteiger charge is -2.17. The monoisotopic (exact) mass is 305 g/mol. The van der Waals surface area contributed by atoms with Gasteiger partial charge in [0.05, 0.1) is 5.92 Å². The van der Waals surface area contributed by atoms with Gasteiger partial charge in [-0.15, -0.1) is 0 Å². The number of carbonyl (C=O) groups excluding carboxylic acids is 1. The highest BCUT2D eigenvalue weighted by molar-refractivity contribution is 5.87. The van der Waals surface area contributed by atoms with Crippen LogP contribution in [0, 0.1) is 0 Å². The van der Waals surface area contributed by atoms with Gasteiger partial charge in [0, 0.05) is 24.9 Å². The van der Waals surface area contributed by atoms with Crippen molar-refractivity contribution in [3.8, 4) is 0 Å². The zero-order chi connectivity index (χ0) is 15.9. The first-order valence-corrected chi connectivity index (χ1v) is 7.70. The van der Waals surface area contributed by atoms with Gasteiger partial charge in [-0.25, -0.2) is 0 Å². The van der Waals surface area contributed by atoms with Crippen LogP contribution >= 0.6 is 0 Å². The minimum atomic E-state index is -0.292. The number of nitrogens with one attached hydrogen (secondary N) is 2. The Morgan fingerprint density at radius 3 is 2.09 bits per heavy atom. The number of nitrogens with zero attached hydrogens (tertiary/aromatic N) is 1. The number of benzene rings is 2. The van der Waals surface area contributed by atoms with Gasteiger partial charge < -0.3 is 5.32 Å². The maximum atomic E-state index is 12.7. The maximum absolute atomic E-state index is 12.7. The highest BCUT2D eigenvalue weighted by atomic mass is 16.1. The second-order valence-corrected chi connectivity index (χ2v) is 5.38. The first-order chi connectivity index (χ1) is 11.3. The van der Waals surface area contributed by atoms with Crippen LogP contribution in [0.5, 0.6) is 0 Å². The molecule has 2 aromatic carbocycles. The minimum Gasteiger partial charge on any atom is -0.355 e. The van der Waals surface area contributed by atoms with Crippen molar-refractivity contribution < 1.29 is 4.79 Å². The molecule has 116 valence electrons. The van der Waals surface area contributed by atoms with Crippen molar-refractivity contribution in [1.82, 2.24) is 15.5 Å². The smallest absolute Gasteiger partial charge is 0.232 e. The zero-order valence-electron chi connectivity index (χ0n) is 12.8. The summed E-state index contributed by atoms with van der Waals surface area (Å²) in [5.41, 5.74) is 3.01. The Balaban J connectivity index is 1.74. The average Bonchev–Trinajstić information content (AvgIpc) is 3.10. The Bertz CT molecular complexity index is 684. The molecule has 1 aromatic heterocycles. The fourth-order valence-electron chi connectivity index (χ4n) is 2.63. The lowest BCUT2D eigenvalue weighted by molar-refractivity contribution is -0.121. The van der Waals surface area contributed by atoms with E-state index in [9.17, 15) is 4.79 Å². The molecule has 0 saturated carbocycles. The second-order valence-electron chi connectivity index (χ2n) is 5.38. The Labute approximate surface area is 135 Å². The van der Waals surface area contributed by atoms with Crippen LogP contribution < -0.4 is 5.32 Å². The van der Waals surface area contributed by atoms with Crippen molar-refractivity contribution in [1.29, 1.82) is 0 Å². The lowest BCUT2D eigenvalue weighted by Crippen LogP contribution is -2.31. The van der Waals surface area contributed by atoms with Gasteiger partial charge in [0.1, 0.15) is 0 Å². The number of rotatable bonds is 6. The molecule has 0 unspecified atom stereocenters. The van der Waals surface area contributed by atoms with Gasteiger partial charge in [-0.1, -0.05) is 60.7 Å². The van der Waals surface area contributed by atoms with Crippen LogP contribution in [0.3, 0.4) is 0 Å². The van der Waals surface area contributed by atoms with E-state index in [4.69, 9.17) is 0 Å². The second kappa shape index (κ2) is 7.40. The normalized spacial score (nSPS) is 10.7. The van der Waals surface area contributed by atoms with E-state index in [0.717, 1.165) is 23.2 Å². The Hall–Kier alpha value is -2.88. The molecule has 23 heavy (non-hydrogen) atoms. The van der Waals surface area contributed by atoms with Crippen LogP contribution in [0.2, 0.25) is 0 Å². The Kier molecular flexibility index (Phi) is 4.84. The third-order valence-corrected chi connectivity index (χ3v) is 3.78. The first-order valence-electron chi connectivity index (χ1n) is 7.70. The molecule has 0 saturated heterocycles. The number of aromatic amines is 1. The van der Waals surface area contributed by atoms with Gasteiger partial charge in [-0.2, -0.15) is 5.10 Å². The summed E-state index contributed by atoms with van der Waals surface area (Å²) < 4.78 is 0. The van der Waals surface area contributed by atoms with E-state index in [0.29, 0.717) is 6.54 Å². The van der Waals surface area contributed by atoms with E-state index in [-0.39, 0.29) is 11.8 Å². The van der Waals surface area contributed by atoms with E-state index in [1.54, 1.807) is 6.20 Å². The molecule has 2 N–H and O–H groups in total. The quantitative estimate of drug-likeness (QED) is 0.735. The van der Waals surface area contributed by atoms with Crippen LogP contribution in [-0.4, -0.2) is 22.6 Å². The lowest BCUT2D eigenvalue weighted by atomic mass is 9.90. The Morgan fingerprint density at radius 2 is 1.57 bits per heavy atom. The van der Waals surface area contributed by atoms with Crippen molar-refractivity contribution >= 4 is 5.91 Å².